The highest BCUT2D eigenvalue weighted by molar-refractivity contribution is 6.43. The standard InChI is InChI=1S/C14H17Cl2NO2/c15-12-7-1-6-11(13(12)16)14(19)17-8-2-4-10(17)5-3-9-18/h1,6-7,10,18H,2-5,8-9H2. The Labute approximate surface area is 123 Å². The maximum absolute atomic E-state index is 12.5. The first-order chi connectivity index (χ1) is 9.15. The van der Waals surface area contributed by atoms with Crippen molar-refractivity contribution in [2.45, 2.75) is 31.7 Å². The molecule has 1 atom stereocenters. The second-order valence-electron chi connectivity index (χ2n) is 4.76. The number of halogens is 2. The summed E-state index contributed by atoms with van der Waals surface area (Å²) in [4.78, 5) is 14.4. The predicted molar refractivity (Wildman–Crippen MR) is 76.8 cm³/mol. The third kappa shape index (κ3) is 3.22. The zero-order chi connectivity index (χ0) is 13.8. The number of carbonyl (C=O) groups excluding carboxylic acids is 1. The van der Waals surface area contributed by atoms with Crippen molar-refractivity contribution in [1.29, 1.82) is 0 Å². The van der Waals surface area contributed by atoms with Crippen LogP contribution in [0.3, 0.4) is 0 Å². The van der Waals surface area contributed by atoms with Crippen molar-refractivity contribution in [3.05, 3.63) is 33.8 Å². The molecule has 0 radical (unpaired) electrons. The molecule has 1 amide bonds. The summed E-state index contributed by atoms with van der Waals surface area (Å²) in [5.41, 5.74) is 0.463. The molecule has 1 fully saturated rings. The van der Waals surface area contributed by atoms with Crippen LogP contribution >= 0.6 is 23.2 Å². The molecular formula is C14H17Cl2NO2. The fraction of sp³-hybridized carbons (Fsp3) is 0.500. The molecule has 3 nitrogen and oxygen atoms in total. The number of aliphatic hydroxyl groups excluding tert-OH is 1. The summed E-state index contributed by atoms with van der Waals surface area (Å²) in [5, 5.41) is 9.63. The highest BCUT2D eigenvalue weighted by atomic mass is 35.5. The lowest BCUT2D eigenvalue weighted by atomic mass is 10.1. The predicted octanol–water partition coefficient (Wildman–Crippen LogP) is 3.37. The molecule has 0 aromatic heterocycles. The van der Waals surface area contributed by atoms with Gasteiger partial charge in [0.15, 0.2) is 0 Å². The van der Waals surface area contributed by atoms with E-state index in [-0.39, 0.29) is 18.6 Å². The SMILES string of the molecule is O=C(c1cccc(Cl)c1Cl)N1CCCC1CCCO. The van der Waals surface area contributed by atoms with Gasteiger partial charge in [0.05, 0.1) is 15.6 Å². The minimum atomic E-state index is -0.0621. The monoisotopic (exact) mass is 301 g/mol. The van der Waals surface area contributed by atoms with E-state index < -0.39 is 0 Å². The number of amides is 1. The third-order valence-corrected chi connectivity index (χ3v) is 4.33. The molecule has 19 heavy (non-hydrogen) atoms. The third-order valence-electron chi connectivity index (χ3n) is 3.52. The second-order valence-corrected chi connectivity index (χ2v) is 5.55. The normalized spacial score (nSPS) is 18.9. The van der Waals surface area contributed by atoms with Crippen LogP contribution in [0.4, 0.5) is 0 Å². The van der Waals surface area contributed by atoms with E-state index >= 15 is 0 Å². The molecule has 1 aromatic rings. The number of aliphatic hydroxyl groups is 1. The number of carbonyl (C=O) groups is 1. The Morgan fingerprint density at radius 1 is 1.42 bits per heavy atom. The van der Waals surface area contributed by atoms with Gasteiger partial charge in [-0.1, -0.05) is 29.3 Å². The van der Waals surface area contributed by atoms with Crippen LogP contribution in [0.25, 0.3) is 0 Å². The van der Waals surface area contributed by atoms with Crippen LogP contribution in [0.1, 0.15) is 36.0 Å². The summed E-state index contributed by atoms with van der Waals surface area (Å²) in [6, 6.07) is 5.32. The van der Waals surface area contributed by atoms with E-state index in [4.69, 9.17) is 28.3 Å². The van der Waals surface area contributed by atoms with E-state index in [2.05, 4.69) is 0 Å². The number of likely N-dealkylation sites (tertiary alicyclic amines) is 1. The molecule has 5 heteroatoms. The van der Waals surface area contributed by atoms with E-state index in [1.54, 1.807) is 18.2 Å². The highest BCUT2D eigenvalue weighted by Crippen LogP contribution is 2.29. The zero-order valence-corrected chi connectivity index (χ0v) is 12.1. The maximum atomic E-state index is 12.5. The average Bonchev–Trinajstić information content (AvgIpc) is 2.87. The molecule has 0 bridgehead atoms. The van der Waals surface area contributed by atoms with Crippen molar-refractivity contribution in [3.63, 3.8) is 0 Å². The molecule has 0 aliphatic carbocycles. The van der Waals surface area contributed by atoms with Gasteiger partial charge in [0.2, 0.25) is 0 Å². The van der Waals surface area contributed by atoms with Gasteiger partial charge in [0.1, 0.15) is 0 Å². The summed E-state index contributed by atoms with van der Waals surface area (Å²) in [7, 11) is 0. The van der Waals surface area contributed by atoms with Crippen LogP contribution in [0.2, 0.25) is 10.0 Å². The Bertz CT molecular complexity index is 465. The molecule has 1 heterocycles. The van der Waals surface area contributed by atoms with Gasteiger partial charge in [0, 0.05) is 19.2 Å². The summed E-state index contributed by atoms with van der Waals surface area (Å²) >= 11 is 12.0. The van der Waals surface area contributed by atoms with Crippen molar-refractivity contribution in [1.82, 2.24) is 4.90 Å². The molecule has 1 unspecified atom stereocenters. The van der Waals surface area contributed by atoms with Crippen LogP contribution in [-0.2, 0) is 0 Å². The smallest absolute Gasteiger partial charge is 0.255 e. The van der Waals surface area contributed by atoms with E-state index in [9.17, 15) is 4.79 Å². The van der Waals surface area contributed by atoms with Crippen molar-refractivity contribution in [2.24, 2.45) is 0 Å². The minimum Gasteiger partial charge on any atom is -0.396 e. The molecule has 1 aromatic carbocycles. The zero-order valence-electron chi connectivity index (χ0n) is 10.6. The van der Waals surface area contributed by atoms with Gasteiger partial charge >= 0.3 is 0 Å². The first-order valence-electron chi connectivity index (χ1n) is 6.51. The fourth-order valence-corrected chi connectivity index (χ4v) is 2.94. The van der Waals surface area contributed by atoms with Crippen LogP contribution in [0.15, 0.2) is 18.2 Å². The van der Waals surface area contributed by atoms with Crippen molar-refractivity contribution in [3.8, 4) is 0 Å². The minimum absolute atomic E-state index is 0.0621. The van der Waals surface area contributed by atoms with Gasteiger partial charge in [-0.25, -0.2) is 0 Å². The van der Waals surface area contributed by atoms with Gasteiger partial charge in [-0.3, -0.25) is 4.79 Å². The van der Waals surface area contributed by atoms with E-state index in [1.807, 2.05) is 4.90 Å². The van der Waals surface area contributed by atoms with E-state index in [0.717, 1.165) is 32.2 Å². The Hall–Kier alpha value is -0.770. The largest absolute Gasteiger partial charge is 0.396 e. The van der Waals surface area contributed by atoms with Crippen LogP contribution in [0.5, 0.6) is 0 Å². The van der Waals surface area contributed by atoms with Gasteiger partial charge in [0.25, 0.3) is 5.91 Å². The van der Waals surface area contributed by atoms with E-state index in [1.165, 1.54) is 0 Å². The number of nitrogens with zero attached hydrogens (tertiary/aromatic N) is 1. The molecular weight excluding hydrogens is 285 g/mol. The summed E-state index contributed by atoms with van der Waals surface area (Å²) < 4.78 is 0. The molecule has 1 N–H and O–H groups in total. The Balaban J connectivity index is 2.16. The Kier molecular flexibility index (Phi) is 5.08. The Morgan fingerprint density at radius 3 is 2.95 bits per heavy atom. The maximum Gasteiger partial charge on any atom is 0.255 e. The molecule has 104 valence electrons. The second kappa shape index (κ2) is 6.60. The number of hydrogen-bond donors (Lipinski definition) is 1. The quantitative estimate of drug-likeness (QED) is 0.926. The average molecular weight is 302 g/mol. The van der Waals surface area contributed by atoms with Crippen molar-refractivity contribution in [2.75, 3.05) is 13.2 Å². The number of benzene rings is 1. The summed E-state index contributed by atoms with van der Waals surface area (Å²) in [6.45, 7) is 0.911. The fourth-order valence-electron chi connectivity index (χ4n) is 2.55. The molecule has 2 rings (SSSR count). The first-order valence-corrected chi connectivity index (χ1v) is 7.26. The van der Waals surface area contributed by atoms with Gasteiger partial charge in [-0.15, -0.1) is 0 Å². The highest BCUT2D eigenvalue weighted by Gasteiger charge is 2.30. The molecule has 1 saturated heterocycles. The van der Waals surface area contributed by atoms with E-state index in [0.29, 0.717) is 15.6 Å². The molecule has 0 spiro atoms. The van der Waals surface area contributed by atoms with Gasteiger partial charge < -0.3 is 10.0 Å². The lowest BCUT2D eigenvalue weighted by molar-refractivity contribution is 0.0724. The number of rotatable bonds is 4. The first kappa shape index (κ1) is 14.6. The molecule has 1 aliphatic heterocycles. The van der Waals surface area contributed by atoms with Crippen molar-refractivity contribution >= 4 is 29.1 Å². The Morgan fingerprint density at radius 2 is 2.21 bits per heavy atom. The summed E-state index contributed by atoms with van der Waals surface area (Å²) in [6.07, 6.45) is 3.54. The lowest BCUT2D eigenvalue weighted by Crippen LogP contribution is -2.35. The van der Waals surface area contributed by atoms with Crippen LogP contribution in [-0.4, -0.2) is 35.1 Å². The van der Waals surface area contributed by atoms with Gasteiger partial charge in [-0.2, -0.15) is 0 Å². The lowest BCUT2D eigenvalue weighted by Gasteiger charge is -2.25. The molecule has 1 aliphatic rings. The number of hydrogen-bond acceptors (Lipinski definition) is 2. The summed E-state index contributed by atoms with van der Waals surface area (Å²) in [5.74, 6) is -0.0621. The van der Waals surface area contributed by atoms with Crippen LogP contribution in [0, 0.1) is 0 Å². The molecule has 0 saturated carbocycles. The topological polar surface area (TPSA) is 40.5 Å². The van der Waals surface area contributed by atoms with Crippen LogP contribution < -0.4 is 0 Å². The van der Waals surface area contributed by atoms with Gasteiger partial charge in [-0.05, 0) is 37.8 Å². The van der Waals surface area contributed by atoms with Crippen molar-refractivity contribution < 1.29 is 9.90 Å².